The van der Waals surface area contributed by atoms with Gasteiger partial charge in [-0.15, -0.1) is 0 Å². The summed E-state index contributed by atoms with van der Waals surface area (Å²) in [5.74, 6) is 0. The summed E-state index contributed by atoms with van der Waals surface area (Å²) in [6, 6.07) is 7.98. The molecule has 0 amide bonds. The van der Waals surface area contributed by atoms with Gasteiger partial charge in [0.25, 0.3) is 0 Å². The van der Waals surface area contributed by atoms with Crippen LogP contribution in [0, 0.1) is 6.92 Å². The number of nitrogens with one attached hydrogen (secondary N) is 2. The number of benzene rings is 1. The van der Waals surface area contributed by atoms with Gasteiger partial charge >= 0.3 is 5.69 Å². The second-order valence-corrected chi connectivity index (χ2v) is 3.03. The van der Waals surface area contributed by atoms with Gasteiger partial charge in [-0.2, -0.15) is 0 Å². The van der Waals surface area contributed by atoms with E-state index < -0.39 is 0 Å². The SMILES string of the molecule is Cc1cccc(-c2c[nH]c(=O)[nH]2)c1. The third-order valence-electron chi connectivity index (χ3n) is 1.92. The van der Waals surface area contributed by atoms with E-state index in [2.05, 4.69) is 9.97 Å². The molecule has 1 heterocycles. The van der Waals surface area contributed by atoms with Crippen molar-refractivity contribution >= 4 is 0 Å². The number of rotatable bonds is 1. The van der Waals surface area contributed by atoms with Crippen LogP contribution in [0.5, 0.6) is 0 Å². The van der Waals surface area contributed by atoms with Gasteiger partial charge < -0.3 is 9.97 Å². The van der Waals surface area contributed by atoms with Crippen molar-refractivity contribution in [1.82, 2.24) is 9.97 Å². The van der Waals surface area contributed by atoms with Crippen LogP contribution in [-0.4, -0.2) is 9.97 Å². The van der Waals surface area contributed by atoms with Crippen LogP contribution in [0.25, 0.3) is 11.3 Å². The highest BCUT2D eigenvalue weighted by Gasteiger charge is 1.98. The summed E-state index contributed by atoms with van der Waals surface area (Å²) in [4.78, 5) is 16.1. The van der Waals surface area contributed by atoms with Crippen molar-refractivity contribution in [3.63, 3.8) is 0 Å². The first-order valence-electron chi connectivity index (χ1n) is 4.10. The third-order valence-corrected chi connectivity index (χ3v) is 1.92. The Morgan fingerprint density at radius 2 is 2.15 bits per heavy atom. The summed E-state index contributed by atoms with van der Waals surface area (Å²) in [7, 11) is 0. The molecular weight excluding hydrogens is 164 g/mol. The third kappa shape index (κ3) is 1.54. The molecule has 0 spiro atoms. The van der Waals surface area contributed by atoms with Crippen molar-refractivity contribution in [2.24, 2.45) is 0 Å². The molecule has 2 rings (SSSR count). The van der Waals surface area contributed by atoms with Crippen LogP contribution >= 0.6 is 0 Å². The lowest BCUT2D eigenvalue weighted by molar-refractivity contribution is 1.19. The zero-order valence-corrected chi connectivity index (χ0v) is 7.29. The first-order valence-corrected chi connectivity index (χ1v) is 4.10. The van der Waals surface area contributed by atoms with Crippen molar-refractivity contribution < 1.29 is 0 Å². The summed E-state index contributed by atoms with van der Waals surface area (Å²) in [6.45, 7) is 2.02. The van der Waals surface area contributed by atoms with Crippen molar-refractivity contribution in [2.75, 3.05) is 0 Å². The fourth-order valence-corrected chi connectivity index (χ4v) is 1.30. The number of aryl methyl sites for hydroxylation is 1. The number of imidazole rings is 1. The smallest absolute Gasteiger partial charge is 0.312 e. The lowest BCUT2D eigenvalue weighted by Crippen LogP contribution is -1.99. The van der Waals surface area contributed by atoms with Crippen molar-refractivity contribution in [1.29, 1.82) is 0 Å². The van der Waals surface area contributed by atoms with Crippen LogP contribution in [0.1, 0.15) is 5.56 Å². The predicted molar refractivity (Wildman–Crippen MR) is 51.6 cm³/mol. The average molecular weight is 174 g/mol. The molecule has 0 saturated heterocycles. The lowest BCUT2D eigenvalue weighted by Gasteiger charge is -1.97. The molecule has 0 radical (unpaired) electrons. The molecule has 0 atom stereocenters. The van der Waals surface area contributed by atoms with Gasteiger partial charge in [-0.1, -0.05) is 23.8 Å². The molecule has 0 saturated carbocycles. The van der Waals surface area contributed by atoms with Gasteiger partial charge in [0.1, 0.15) is 0 Å². The van der Waals surface area contributed by atoms with Crippen LogP contribution in [-0.2, 0) is 0 Å². The summed E-state index contributed by atoms with van der Waals surface area (Å²) >= 11 is 0. The van der Waals surface area contributed by atoms with Crippen LogP contribution in [0.2, 0.25) is 0 Å². The fourth-order valence-electron chi connectivity index (χ4n) is 1.30. The minimum absolute atomic E-state index is 0.170. The molecule has 0 aliphatic carbocycles. The first-order chi connectivity index (χ1) is 6.25. The Morgan fingerprint density at radius 1 is 1.31 bits per heavy atom. The molecule has 3 nitrogen and oxygen atoms in total. The van der Waals surface area contributed by atoms with E-state index in [1.807, 2.05) is 31.2 Å². The molecule has 1 aromatic carbocycles. The van der Waals surface area contributed by atoms with E-state index in [4.69, 9.17) is 0 Å². The van der Waals surface area contributed by atoms with Crippen molar-refractivity contribution in [2.45, 2.75) is 6.92 Å². The lowest BCUT2D eigenvalue weighted by atomic mass is 10.1. The van der Waals surface area contributed by atoms with Crippen molar-refractivity contribution in [3.05, 3.63) is 46.5 Å². The standard InChI is InChI=1S/C10H10N2O/c1-7-3-2-4-8(5-7)9-6-11-10(13)12-9/h2-6H,1H3,(H2,11,12,13). The van der Waals surface area contributed by atoms with Crippen LogP contribution in [0.15, 0.2) is 35.3 Å². The van der Waals surface area contributed by atoms with Gasteiger partial charge in [-0.05, 0) is 18.6 Å². The van der Waals surface area contributed by atoms with Gasteiger partial charge in [0.15, 0.2) is 0 Å². The normalized spacial score (nSPS) is 10.2. The maximum Gasteiger partial charge on any atom is 0.323 e. The van der Waals surface area contributed by atoms with E-state index in [1.54, 1.807) is 6.20 Å². The summed E-state index contributed by atoms with van der Waals surface area (Å²) in [6.07, 6.45) is 1.68. The van der Waals surface area contributed by atoms with Crippen LogP contribution < -0.4 is 5.69 Å². The number of H-pyrrole nitrogens is 2. The molecule has 0 aliphatic heterocycles. The predicted octanol–water partition coefficient (Wildman–Crippen LogP) is 1.68. The highest BCUT2D eigenvalue weighted by molar-refractivity contribution is 5.58. The molecule has 13 heavy (non-hydrogen) atoms. The van der Waals surface area contributed by atoms with E-state index in [-0.39, 0.29) is 5.69 Å². The molecule has 0 fully saturated rings. The minimum atomic E-state index is -0.170. The fraction of sp³-hybridized carbons (Fsp3) is 0.100. The Labute approximate surface area is 75.4 Å². The summed E-state index contributed by atoms with van der Waals surface area (Å²) in [5, 5.41) is 0. The largest absolute Gasteiger partial charge is 0.323 e. The topological polar surface area (TPSA) is 48.6 Å². The summed E-state index contributed by atoms with van der Waals surface area (Å²) in [5.41, 5.74) is 2.86. The maximum atomic E-state index is 10.8. The van der Waals surface area contributed by atoms with Crippen molar-refractivity contribution in [3.8, 4) is 11.3 Å². The van der Waals surface area contributed by atoms with Gasteiger partial charge in [0.05, 0.1) is 5.69 Å². The van der Waals surface area contributed by atoms with E-state index >= 15 is 0 Å². The first kappa shape index (κ1) is 7.86. The highest BCUT2D eigenvalue weighted by Crippen LogP contribution is 2.15. The van der Waals surface area contributed by atoms with Gasteiger partial charge in [-0.25, -0.2) is 4.79 Å². The monoisotopic (exact) mass is 174 g/mol. The molecule has 66 valence electrons. The van der Waals surface area contributed by atoms with E-state index in [1.165, 1.54) is 5.56 Å². The molecule has 0 unspecified atom stereocenters. The zero-order valence-electron chi connectivity index (χ0n) is 7.29. The molecule has 1 aromatic heterocycles. The average Bonchev–Trinajstić information content (AvgIpc) is 2.52. The van der Waals surface area contributed by atoms with Gasteiger partial charge in [-0.3, -0.25) is 0 Å². The highest BCUT2D eigenvalue weighted by atomic mass is 16.1. The quantitative estimate of drug-likeness (QED) is 0.678. The zero-order chi connectivity index (χ0) is 9.26. The number of hydrogen-bond donors (Lipinski definition) is 2. The molecular formula is C10H10N2O. The Hall–Kier alpha value is -1.77. The molecule has 0 aliphatic rings. The summed E-state index contributed by atoms with van der Waals surface area (Å²) < 4.78 is 0. The molecule has 0 bridgehead atoms. The maximum absolute atomic E-state index is 10.8. The molecule has 2 aromatic rings. The van der Waals surface area contributed by atoms with E-state index in [0.29, 0.717) is 0 Å². The number of aromatic amines is 2. The Balaban J connectivity index is 2.52. The Bertz CT molecular complexity index is 468. The molecule has 2 N–H and O–H groups in total. The van der Waals surface area contributed by atoms with Crippen LogP contribution in [0.4, 0.5) is 0 Å². The molecule has 3 heteroatoms. The van der Waals surface area contributed by atoms with Gasteiger partial charge in [0.2, 0.25) is 0 Å². The number of aromatic nitrogens is 2. The van der Waals surface area contributed by atoms with E-state index in [9.17, 15) is 4.79 Å². The van der Waals surface area contributed by atoms with E-state index in [0.717, 1.165) is 11.3 Å². The minimum Gasteiger partial charge on any atom is -0.312 e. The Morgan fingerprint density at radius 3 is 2.77 bits per heavy atom. The number of hydrogen-bond acceptors (Lipinski definition) is 1. The van der Waals surface area contributed by atoms with Crippen LogP contribution in [0.3, 0.4) is 0 Å². The second-order valence-electron chi connectivity index (χ2n) is 3.03. The second kappa shape index (κ2) is 2.94. The Kier molecular flexibility index (Phi) is 1.77. The van der Waals surface area contributed by atoms with Gasteiger partial charge in [0, 0.05) is 6.20 Å².